The highest BCUT2D eigenvalue weighted by Gasteiger charge is 2.32. The maximum absolute atomic E-state index is 12.6. The highest BCUT2D eigenvalue weighted by molar-refractivity contribution is 7.98. The van der Waals surface area contributed by atoms with Crippen molar-refractivity contribution in [1.82, 2.24) is 15.1 Å². The normalized spacial score (nSPS) is 14.0. The van der Waals surface area contributed by atoms with Gasteiger partial charge in [-0.25, -0.2) is 0 Å². The van der Waals surface area contributed by atoms with Gasteiger partial charge in [-0.1, -0.05) is 23.5 Å². The molecule has 0 atom stereocenters. The predicted molar refractivity (Wildman–Crippen MR) is 89.8 cm³/mol. The molecule has 3 rings (SSSR count). The summed E-state index contributed by atoms with van der Waals surface area (Å²) in [5.41, 5.74) is 6.73. The third-order valence-corrected chi connectivity index (χ3v) is 5.10. The van der Waals surface area contributed by atoms with E-state index in [2.05, 4.69) is 40.7 Å². The fourth-order valence-corrected chi connectivity index (χ4v) is 3.31. The molecule has 0 saturated heterocycles. The molecule has 1 aliphatic carbocycles. The molecule has 116 valence electrons. The summed E-state index contributed by atoms with van der Waals surface area (Å²) >= 11 is 3.00. The van der Waals surface area contributed by atoms with E-state index in [9.17, 15) is 4.79 Å². The van der Waals surface area contributed by atoms with Gasteiger partial charge in [-0.2, -0.15) is 0 Å². The van der Waals surface area contributed by atoms with Crippen molar-refractivity contribution >= 4 is 34.1 Å². The zero-order valence-electron chi connectivity index (χ0n) is 12.4. The average molecular weight is 334 g/mol. The number of nitrogens with two attached hydrogens (primary N) is 1. The Balaban J connectivity index is 1.67. The Morgan fingerprint density at radius 1 is 1.36 bits per heavy atom. The van der Waals surface area contributed by atoms with Crippen molar-refractivity contribution in [1.29, 1.82) is 0 Å². The molecule has 1 heterocycles. The van der Waals surface area contributed by atoms with Crippen LogP contribution in [0.15, 0.2) is 29.2 Å². The number of nitrogens with zero attached hydrogens (tertiary/aromatic N) is 3. The fourth-order valence-electron chi connectivity index (χ4n) is 2.30. The summed E-state index contributed by atoms with van der Waals surface area (Å²) in [5.74, 6) is 0.104. The Morgan fingerprint density at radius 3 is 2.64 bits per heavy atom. The van der Waals surface area contributed by atoms with E-state index in [-0.39, 0.29) is 12.3 Å². The minimum Gasteiger partial charge on any atom is -0.374 e. The van der Waals surface area contributed by atoms with Gasteiger partial charge in [0.05, 0.1) is 6.42 Å². The molecule has 1 aromatic carbocycles. The second-order valence-corrected chi connectivity index (χ2v) is 7.29. The van der Waals surface area contributed by atoms with E-state index in [1.807, 2.05) is 4.90 Å². The third-order valence-electron chi connectivity index (χ3n) is 3.60. The van der Waals surface area contributed by atoms with Gasteiger partial charge >= 0.3 is 0 Å². The molecule has 1 aromatic heterocycles. The van der Waals surface area contributed by atoms with Crippen LogP contribution in [0.1, 0.15) is 23.4 Å². The average Bonchev–Trinajstić information content (AvgIpc) is 3.28. The molecule has 0 aliphatic heterocycles. The van der Waals surface area contributed by atoms with Crippen LogP contribution in [0, 0.1) is 0 Å². The van der Waals surface area contributed by atoms with Gasteiger partial charge in [-0.05, 0) is 36.8 Å². The van der Waals surface area contributed by atoms with Gasteiger partial charge in [0.15, 0.2) is 0 Å². The second kappa shape index (κ2) is 6.66. The van der Waals surface area contributed by atoms with Gasteiger partial charge in [-0.15, -0.1) is 22.0 Å². The molecule has 2 aromatic rings. The zero-order valence-corrected chi connectivity index (χ0v) is 14.0. The molecule has 22 heavy (non-hydrogen) atoms. The molecule has 1 aliphatic rings. The highest BCUT2D eigenvalue weighted by Crippen LogP contribution is 2.29. The van der Waals surface area contributed by atoms with Gasteiger partial charge in [0.2, 0.25) is 11.0 Å². The number of hydrogen-bond acceptors (Lipinski definition) is 6. The molecular formula is C15H18N4OS2. The first kappa shape index (κ1) is 15.3. The molecule has 1 fully saturated rings. The Labute approximate surface area is 137 Å². The monoisotopic (exact) mass is 334 g/mol. The number of anilines is 1. The number of aromatic nitrogens is 2. The van der Waals surface area contributed by atoms with Crippen molar-refractivity contribution in [3.63, 3.8) is 0 Å². The molecular weight excluding hydrogens is 316 g/mol. The van der Waals surface area contributed by atoms with Crippen LogP contribution in [0.5, 0.6) is 0 Å². The topological polar surface area (TPSA) is 72.1 Å². The molecule has 1 amide bonds. The molecule has 0 radical (unpaired) electrons. The molecule has 2 N–H and O–H groups in total. The predicted octanol–water partition coefficient (Wildman–Crippen LogP) is 2.58. The lowest BCUT2D eigenvalue weighted by atomic mass is 10.2. The van der Waals surface area contributed by atoms with Crippen molar-refractivity contribution in [2.45, 2.75) is 36.7 Å². The molecule has 1 saturated carbocycles. The first-order valence-electron chi connectivity index (χ1n) is 7.16. The number of hydrogen-bond donors (Lipinski definition) is 1. The van der Waals surface area contributed by atoms with Crippen LogP contribution in [0.25, 0.3) is 0 Å². The van der Waals surface area contributed by atoms with Gasteiger partial charge in [0.1, 0.15) is 5.01 Å². The summed E-state index contributed by atoms with van der Waals surface area (Å²) in [5, 5.41) is 8.80. The van der Waals surface area contributed by atoms with Crippen molar-refractivity contribution in [3.05, 3.63) is 34.8 Å². The first-order chi connectivity index (χ1) is 10.7. The lowest BCUT2D eigenvalue weighted by molar-refractivity contribution is -0.131. The van der Waals surface area contributed by atoms with E-state index < -0.39 is 0 Å². The Hall–Kier alpha value is -1.60. The number of thioether (sulfide) groups is 1. The van der Waals surface area contributed by atoms with E-state index in [1.54, 1.807) is 11.8 Å². The molecule has 0 unspecified atom stereocenters. The zero-order chi connectivity index (χ0) is 15.5. The third kappa shape index (κ3) is 3.78. The number of carbonyl (C=O) groups is 1. The lowest BCUT2D eigenvalue weighted by Gasteiger charge is -2.22. The van der Waals surface area contributed by atoms with Crippen molar-refractivity contribution in [2.24, 2.45) is 0 Å². The summed E-state index contributed by atoms with van der Waals surface area (Å²) in [6, 6.07) is 8.76. The van der Waals surface area contributed by atoms with Gasteiger partial charge in [-0.3, -0.25) is 4.79 Å². The van der Waals surface area contributed by atoms with Crippen molar-refractivity contribution in [2.75, 3.05) is 12.0 Å². The molecule has 7 heteroatoms. The number of amides is 1. The second-order valence-electron chi connectivity index (χ2n) is 5.31. The van der Waals surface area contributed by atoms with Crippen LogP contribution >= 0.6 is 23.1 Å². The quantitative estimate of drug-likeness (QED) is 0.822. The lowest BCUT2D eigenvalue weighted by Crippen LogP contribution is -2.33. The Morgan fingerprint density at radius 2 is 2.09 bits per heavy atom. The van der Waals surface area contributed by atoms with Crippen molar-refractivity contribution in [3.8, 4) is 0 Å². The van der Waals surface area contributed by atoms with Crippen LogP contribution in [-0.2, 0) is 17.8 Å². The van der Waals surface area contributed by atoms with E-state index >= 15 is 0 Å². The number of rotatable bonds is 6. The van der Waals surface area contributed by atoms with Crippen LogP contribution in [0.3, 0.4) is 0 Å². The largest absolute Gasteiger partial charge is 0.374 e. The Bertz CT molecular complexity index is 652. The van der Waals surface area contributed by atoms with Crippen LogP contribution in [-0.4, -0.2) is 33.3 Å². The minimum absolute atomic E-state index is 0.104. The number of nitrogen functional groups attached to an aromatic ring is 1. The number of carbonyl (C=O) groups excluding carboxylic acids is 1. The van der Waals surface area contributed by atoms with Gasteiger partial charge in [0, 0.05) is 17.5 Å². The first-order valence-corrected chi connectivity index (χ1v) is 9.20. The molecule has 5 nitrogen and oxygen atoms in total. The van der Waals surface area contributed by atoms with Crippen LogP contribution in [0.4, 0.5) is 5.13 Å². The molecule has 0 spiro atoms. The molecule has 0 bridgehead atoms. The summed E-state index contributed by atoms with van der Waals surface area (Å²) in [6.45, 7) is 0.659. The summed E-state index contributed by atoms with van der Waals surface area (Å²) in [6.07, 6.45) is 4.52. The van der Waals surface area contributed by atoms with Gasteiger partial charge < -0.3 is 10.6 Å². The van der Waals surface area contributed by atoms with Crippen LogP contribution in [0.2, 0.25) is 0 Å². The maximum atomic E-state index is 12.6. The SMILES string of the molecule is CSc1ccc(CN(C(=O)Cc2nnc(N)s2)C2CC2)cc1. The van der Waals surface area contributed by atoms with E-state index in [4.69, 9.17) is 5.73 Å². The summed E-state index contributed by atoms with van der Waals surface area (Å²) < 4.78 is 0. The Kier molecular flexibility index (Phi) is 4.63. The minimum atomic E-state index is 0.104. The number of benzene rings is 1. The van der Waals surface area contributed by atoms with E-state index in [0.717, 1.165) is 18.4 Å². The fraction of sp³-hybridized carbons (Fsp3) is 0.400. The highest BCUT2D eigenvalue weighted by atomic mass is 32.2. The van der Waals surface area contributed by atoms with Crippen molar-refractivity contribution < 1.29 is 4.79 Å². The van der Waals surface area contributed by atoms with E-state index in [1.165, 1.54) is 16.2 Å². The van der Waals surface area contributed by atoms with E-state index in [0.29, 0.717) is 22.7 Å². The standard InChI is InChI=1S/C15H18N4OS2/c1-21-12-6-2-10(3-7-12)9-19(11-4-5-11)14(20)8-13-17-18-15(16)22-13/h2-3,6-7,11H,4-5,8-9H2,1H3,(H2,16,18). The summed E-state index contributed by atoms with van der Waals surface area (Å²) in [7, 11) is 0. The van der Waals surface area contributed by atoms with Crippen LogP contribution < -0.4 is 5.73 Å². The smallest absolute Gasteiger partial charge is 0.230 e. The summed E-state index contributed by atoms with van der Waals surface area (Å²) in [4.78, 5) is 15.7. The maximum Gasteiger partial charge on any atom is 0.230 e. The van der Waals surface area contributed by atoms with Gasteiger partial charge in [0.25, 0.3) is 0 Å².